The fourth-order valence-electron chi connectivity index (χ4n) is 4.68. The van der Waals surface area contributed by atoms with Crippen molar-refractivity contribution < 1.29 is 4.79 Å². The van der Waals surface area contributed by atoms with Crippen LogP contribution >= 0.6 is 0 Å². The van der Waals surface area contributed by atoms with E-state index < -0.39 is 0 Å². The van der Waals surface area contributed by atoms with Crippen LogP contribution in [0, 0.1) is 5.92 Å². The van der Waals surface area contributed by atoms with E-state index in [1.807, 2.05) is 7.05 Å². The lowest BCUT2D eigenvalue weighted by Crippen LogP contribution is -2.42. The van der Waals surface area contributed by atoms with Crippen molar-refractivity contribution >= 4 is 5.91 Å². The molecule has 2 aromatic carbocycles. The maximum Gasteiger partial charge on any atom is 0.222 e. The van der Waals surface area contributed by atoms with Crippen molar-refractivity contribution in [2.75, 3.05) is 26.7 Å². The zero-order valence-corrected chi connectivity index (χ0v) is 16.3. The maximum atomic E-state index is 12.6. The van der Waals surface area contributed by atoms with Crippen LogP contribution in [0.1, 0.15) is 42.4 Å². The number of carbonyl (C=O) groups is 1. The van der Waals surface area contributed by atoms with Gasteiger partial charge in [-0.25, -0.2) is 0 Å². The number of likely N-dealkylation sites (tertiary alicyclic amines) is 1. The Labute approximate surface area is 162 Å². The number of nitrogens with one attached hydrogen (secondary N) is 1. The standard InChI is InChI=1S/C24H30N2O/c1-25-16-19-7-5-13-26(17-19)24(27)10-4-6-18-11-12-21-15-20-8-2-3-9-22(20)23(21)14-18/h2-3,8-9,11-12,14,19,25H,4-7,10,13,15-17H2,1H3. The average Bonchev–Trinajstić information content (AvgIpc) is 3.06. The second-order valence-corrected chi connectivity index (χ2v) is 8.08. The first-order valence-corrected chi connectivity index (χ1v) is 10.4. The molecule has 1 amide bonds. The van der Waals surface area contributed by atoms with E-state index in [0.717, 1.165) is 45.3 Å². The highest BCUT2D eigenvalue weighted by molar-refractivity contribution is 5.77. The Morgan fingerprint density at radius 3 is 2.89 bits per heavy atom. The minimum absolute atomic E-state index is 0.335. The van der Waals surface area contributed by atoms with Crippen LogP contribution in [0.3, 0.4) is 0 Å². The topological polar surface area (TPSA) is 32.3 Å². The van der Waals surface area contributed by atoms with Crippen molar-refractivity contribution in [2.45, 2.75) is 38.5 Å². The van der Waals surface area contributed by atoms with E-state index in [1.54, 1.807) is 0 Å². The van der Waals surface area contributed by atoms with Gasteiger partial charge < -0.3 is 10.2 Å². The van der Waals surface area contributed by atoms with E-state index in [9.17, 15) is 4.79 Å². The fraction of sp³-hybridized carbons (Fsp3) is 0.458. The SMILES string of the molecule is CNCC1CCCN(C(=O)CCCc2ccc3c(c2)-c2ccccc2C3)C1. The van der Waals surface area contributed by atoms with Crippen LogP contribution in [0.2, 0.25) is 0 Å². The predicted octanol–water partition coefficient (Wildman–Crippen LogP) is 4.04. The first kappa shape index (κ1) is 18.2. The van der Waals surface area contributed by atoms with E-state index in [4.69, 9.17) is 0 Å². The van der Waals surface area contributed by atoms with Gasteiger partial charge >= 0.3 is 0 Å². The summed E-state index contributed by atoms with van der Waals surface area (Å²) in [5.74, 6) is 0.951. The van der Waals surface area contributed by atoms with Crippen LogP contribution in [0.25, 0.3) is 11.1 Å². The summed E-state index contributed by atoms with van der Waals surface area (Å²) >= 11 is 0. The first-order valence-electron chi connectivity index (χ1n) is 10.4. The van der Waals surface area contributed by atoms with Gasteiger partial charge in [0.1, 0.15) is 0 Å². The highest BCUT2D eigenvalue weighted by Gasteiger charge is 2.23. The van der Waals surface area contributed by atoms with E-state index in [0.29, 0.717) is 18.2 Å². The van der Waals surface area contributed by atoms with Crippen LogP contribution in [0.4, 0.5) is 0 Å². The van der Waals surface area contributed by atoms with Crippen molar-refractivity contribution in [2.24, 2.45) is 5.92 Å². The highest BCUT2D eigenvalue weighted by Crippen LogP contribution is 2.37. The molecule has 1 aliphatic carbocycles. The number of carbonyl (C=O) groups excluding carboxylic acids is 1. The smallest absolute Gasteiger partial charge is 0.222 e. The molecule has 0 aromatic heterocycles. The summed E-state index contributed by atoms with van der Waals surface area (Å²) in [6.45, 7) is 2.88. The number of benzene rings is 2. The Bertz CT molecular complexity index is 812. The van der Waals surface area contributed by atoms with E-state index in [-0.39, 0.29) is 0 Å². The van der Waals surface area contributed by atoms with Crippen LogP contribution in [-0.4, -0.2) is 37.5 Å². The lowest BCUT2D eigenvalue weighted by Gasteiger charge is -2.32. The Kier molecular flexibility index (Phi) is 5.58. The quantitative estimate of drug-likeness (QED) is 0.718. The minimum Gasteiger partial charge on any atom is -0.342 e. The van der Waals surface area contributed by atoms with Gasteiger partial charge in [-0.15, -0.1) is 0 Å². The van der Waals surface area contributed by atoms with Crippen LogP contribution in [0.5, 0.6) is 0 Å². The third-order valence-corrected chi connectivity index (χ3v) is 6.08. The third-order valence-electron chi connectivity index (χ3n) is 6.08. The molecule has 142 valence electrons. The van der Waals surface area contributed by atoms with Gasteiger partial charge in [0.15, 0.2) is 0 Å². The van der Waals surface area contributed by atoms with Crippen molar-refractivity contribution in [1.29, 1.82) is 0 Å². The molecule has 1 atom stereocenters. The van der Waals surface area contributed by atoms with Gasteiger partial charge in [0.05, 0.1) is 0 Å². The second kappa shape index (κ2) is 8.26. The number of hydrogen-bond acceptors (Lipinski definition) is 2. The number of piperidine rings is 1. The molecule has 0 saturated carbocycles. The molecule has 2 aliphatic rings. The molecule has 1 unspecified atom stereocenters. The van der Waals surface area contributed by atoms with Gasteiger partial charge in [0.2, 0.25) is 5.91 Å². The highest BCUT2D eigenvalue weighted by atomic mass is 16.2. The molecule has 27 heavy (non-hydrogen) atoms. The fourth-order valence-corrected chi connectivity index (χ4v) is 4.68. The molecule has 0 spiro atoms. The molecule has 3 heteroatoms. The average molecular weight is 363 g/mol. The van der Waals surface area contributed by atoms with Gasteiger partial charge in [-0.3, -0.25) is 4.79 Å². The van der Waals surface area contributed by atoms with Crippen molar-refractivity contribution in [3.05, 3.63) is 59.2 Å². The predicted molar refractivity (Wildman–Crippen MR) is 111 cm³/mol. The minimum atomic E-state index is 0.335. The molecule has 3 nitrogen and oxygen atoms in total. The Morgan fingerprint density at radius 1 is 1.15 bits per heavy atom. The van der Waals surface area contributed by atoms with Gasteiger partial charge in [0.25, 0.3) is 0 Å². The Hall–Kier alpha value is -2.13. The summed E-state index contributed by atoms with van der Waals surface area (Å²) < 4.78 is 0. The van der Waals surface area contributed by atoms with Crippen molar-refractivity contribution in [1.82, 2.24) is 10.2 Å². The largest absolute Gasteiger partial charge is 0.342 e. The number of amides is 1. The summed E-state index contributed by atoms with van der Waals surface area (Å²) in [7, 11) is 2.00. The second-order valence-electron chi connectivity index (χ2n) is 8.08. The normalized spacial score (nSPS) is 18.3. The van der Waals surface area contributed by atoms with Gasteiger partial charge in [-0.05, 0) is 79.4 Å². The Morgan fingerprint density at radius 2 is 2.00 bits per heavy atom. The molecule has 1 aliphatic heterocycles. The summed E-state index contributed by atoms with van der Waals surface area (Å²) in [4.78, 5) is 14.7. The number of rotatable bonds is 6. The number of aryl methyl sites for hydroxylation is 1. The van der Waals surface area contributed by atoms with Gasteiger partial charge in [-0.2, -0.15) is 0 Å². The van der Waals surface area contributed by atoms with Gasteiger partial charge in [-0.1, -0.05) is 42.5 Å². The molecule has 1 saturated heterocycles. The molecule has 1 heterocycles. The third kappa shape index (κ3) is 4.08. The molecular weight excluding hydrogens is 332 g/mol. The summed E-state index contributed by atoms with van der Waals surface area (Å²) in [6, 6.07) is 15.6. The first-order chi connectivity index (χ1) is 13.2. The summed E-state index contributed by atoms with van der Waals surface area (Å²) in [5, 5.41) is 3.25. The monoisotopic (exact) mass is 362 g/mol. The lowest BCUT2D eigenvalue weighted by molar-refractivity contribution is -0.133. The van der Waals surface area contributed by atoms with Crippen LogP contribution in [-0.2, 0) is 17.6 Å². The van der Waals surface area contributed by atoms with E-state index in [2.05, 4.69) is 52.7 Å². The van der Waals surface area contributed by atoms with Crippen molar-refractivity contribution in [3.63, 3.8) is 0 Å². The number of fused-ring (bicyclic) bond motifs is 3. The number of hydrogen-bond donors (Lipinski definition) is 1. The molecule has 1 fully saturated rings. The molecule has 4 rings (SSSR count). The lowest BCUT2D eigenvalue weighted by atomic mass is 9.97. The molecule has 1 N–H and O–H groups in total. The molecule has 2 aromatic rings. The summed E-state index contributed by atoms with van der Waals surface area (Å²) in [5.41, 5.74) is 6.99. The van der Waals surface area contributed by atoms with Crippen LogP contribution in [0.15, 0.2) is 42.5 Å². The molecular formula is C24H30N2O. The zero-order valence-electron chi connectivity index (χ0n) is 16.3. The summed E-state index contributed by atoms with van der Waals surface area (Å²) in [6.07, 6.45) is 6.01. The van der Waals surface area contributed by atoms with E-state index in [1.165, 1.54) is 34.2 Å². The van der Waals surface area contributed by atoms with E-state index >= 15 is 0 Å². The van der Waals surface area contributed by atoms with Crippen molar-refractivity contribution in [3.8, 4) is 11.1 Å². The molecule has 0 radical (unpaired) electrons. The van der Waals surface area contributed by atoms with Gasteiger partial charge in [0, 0.05) is 19.5 Å². The Balaban J connectivity index is 1.32. The maximum absolute atomic E-state index is 12.6. The van der Waals surface area contributed by atoms with Crippen LogP contribution < -0.4 is 5.32 Å². The zero-order chi connectivity index (χ0) is 18.6. The molecule has 0 bridgehead atoms. The number of nitrogens with zero attached hydrogens (tertiary/aromatic N) is 1.